The Morgan fingerprint density at radius 2 is 2.27 bits per heavy atom. The molecule has 1 fully saturated rings. The van der Waals surface area contributed by atoms with E-state index in [1.165, 1.54) is 17.6 Å². The van der Waals surface area contributed by atoms with E-state index in [0.717, 1.165) is 18.7 Å². The molecule has 1 aliphatic rings. The van der Waals surface area contributed by atoms with Crippen molar-refractivity contribution in [2.45, 2.75) is 44.6 Å². The number of tetrazole rings is 1. The van der Waals surface area contributed by atoms with Gasteiger partial charge in [0.2, 0.25) is 0 Å². The van der Waals surface area contributed by atoms with Gasteiger partial charge in [-0.25, -0.2) is 0 Å². The summed E-state index contributed by atoms with van der Waals surface area (Å²) in [5, 5.41) is 12.3. The quantitative estimate of drug-likeness (QED) is 0.783. The summed E-state index contributed by atoms with van der Waals surface area (Å²) < 4.78 is 0. The molecule has 0 spiro atoms. The third-order valence-corrected chi connectivity index (χ3v) is 3.41. The largest absolute Gasteiger partial charge is 0.328 e. The van der Waals surface area contributed by atoms with Crippen molar-refractivity contribution in [2.24, 2.45) is 18.7 Å². The molecule has 1 aliphatic carbocycles. The highest BCUT2D eigenvalue weighted by Crippen LogP contribution is 2.37. The fourth-order valence-electron chi connectivity index (χ4n) is 2.52. The molecule has 0 aliphatic heterocycles. The van der Waals surface area contributed by atoms with Gasteiger partial charge in [-0.05, 0) is 30.4 Å². The maximum absolute atomic E-state index is 6.00. The summed E-state index contributed by atoms with van der Waals surface area (Å²) >= 11 is 0. The summed E-state index contributed by atoms with van der Waals surface area (Å²) in [4.78, 5) is 1.53. The highest BCUT2D eigenvalue weighted by molar-refractivity contribution is 4.99. The first kappa shape index (κ1) is 10.5. The van der Waals surface area contributed by atoms with Gasteiger partial charge in [0.1, 0.15) is 0 Å². The van der Waals surface area contributed by atoms with E-state index >= 15 is 0 Å². The highest BCUT2D eigenvalue weighted by atomic mass is 15.6. The summed E-state index contributed by atoms with van der Waals surface area (Å²) in [6.07, 6.45) is 4.51. The lowest BCUT2D eigenvalue weighted by atomic mass is 9.75. The van der Waals surface area contributed by atoms with Crippen molar-refractivity contribution in [3.05, 3.63) is 5.82 Å². The van der Waals surface area contributed by atoms with Crippen LogP contribution in [0.2, 0.25) is 0 Å². The van der Waals surface area contributed by atoms with Crippen molar-refractivity contribution in [2.75, 3.05) is 0 Å². The maximum atomic E-state index is 6.00. The molecule has 0 amide bonds. The number of nitrogens with zero attached hydrogens (tertiary/aromatic N) is 4. The van der Waals surface area contributed by atoms with Crippen LogP contribution in [0.1, 0.15) is 44.3 Å². The molecule has 2 N–H and O–H groups in total. The topological polar surface area (TPSA) is 69.6 Å². The van der Waals surface area contributed by atoms with Gasteiger partial charge in [-0.3, -0.25) is 0 Å². The van der Waals surface area contributed by atoms with Crippen LogP contribution in [-0.4, -0.2) is 26.2 Å². The van der Waals surface area contributed by atoms with Gasteiger partial charge in [0.05, 0.1) is 7.05 Å². The Morgan fingerprint density at radius 3 is 2.87 bits per heavy atom. The minimum atomic E-state index is 0.307. The Balaban J connectivity index is 2.16. The van der Waals surface area contributed by atoms with Gasteiger partial charge < -0.3 is 5.73 Å². The SMILES string of the molecule is CCC1CCC(N)CC1c1nnn(C)n1. The Labute approximate surface area is 90.0 Å². The van der Waals surface area contributed by atoms with Crippen molar-refractivity contribution in [1.82, 2.24) is 20.2 Å². The van der Waals surface area contributed by atoms with Crippen LogP contribution in [0.3, 0.4) is 0 Å². The number of hydrogen-bond donors (Lipinski definition) is 1. The molecule has 1 aromatic rings. The van der Waals surface area contributed by atoms with Gasteiger partial charge in [-0.15, -0.1) is 10.2 Å². The van der Waals surface area contributed by atoms with Gasteiger partial charge in [0.15, 0.2) is 5.82 Å². The van der Waals surface area contributed by atoms with E-state index in [0.29, 0.717) is 17.9 Å². The van der Waals surface area contributed by atoms with Crippen LogP contribution in [0, 0.1) is 5.92 Å². The summed E-state index contributed by atoms with van der Waals surface area (Å²) in [6, 6.07) is 0.307. The third kappa shape index (κ3) is 2.17. The van der Waals surface area contributed by atoms with E-state index in [2.05, 4.69) is 22.3 Å². The molecule has 0 aromatic carbocycles. The Kier molecular flexibility index (Phi) is 3.00. The summed E-state index contributed by atoms with van der Waals surface area (Å²) in [6.45, 7) is 2.23. The molecule has 15 heavy (non-hydrogen) atoms. The molecule has 0 radical (unpaired) electrons. The standard InChI is InChI=1S/C10H19N5/c1-3-7-4-5-8(11)6-9(7)10-12-14-15(2)13-10/h7-9H,3-6,11H2,1-2H3. The Hall–Kier alpha value is -0.970. The fourth-order valence-corrected chi connectivity index (χ4v) is 2.52. The van der Waals surface area contributed by atoms with Gasteiger partial charge in [0, 0.05) is 12.0 Å². The summed E-state index contributed by atoms with van der Waals surface area (Å²) in [7, 11) is 1.81. The highest BCUT2D eigenvalue weighted by Gasteiger charge is 2.31. The number of nitrogens with two attached hydrogens (primary N) is 1. The second-order valence-corrected chi connectivity index (χ2v) is 4.49. The zero-order chi connectivity index (χ0) is 10.8. The first-order chi connectivity index (χ1) is 7.20. The van der Waals surface area contributed by atoms with E-state index in [9.17, 15) is 0 Å². The van der Waals surface area contributed by atoms with E-state index in [4.69, 9.17) is 5.73 Å². The lowest BCUT2D eigenvalue weighted by Crippen LogP contribution is -2.32. The van der Waals surface area contributed by atoms with Gasteiger partial charge in [0.25, 0.3) is 0 Å². The number of aryl methyl sites for hydroxylation is 1. The van der Waals surface area contributed by atoms with E-state index < -0.39 is 0 Å². The van der Waals surface area contributed by atoms with Crippen LogP contribution in [0.4, 0.5) is 0 Å². The van der Waals surface area contributed by atoms with Crippen LogP contribution >= 0.6 is 0 Å². The predicted molar refractivity (Wildman–Crippen MR) is 57.1 cm³/mol. The molecule has 0 bridgehead atoms. The predicted octanol–water partition coefficient (Wildman–Crippen LogP) is 0.831. The molecule has 1 saturated carbocycles. The molecular weight excluding hydrogens is 190 g/mol. The molecule has 3 atom stereocenters. The molecule has 5 heteroatoms. The van der Waals surface area contributed by atoms with Crippen LogP contribution in [0.15, 0.2) is 0 Å². The minimum absolute atomic E-state index is 0.307. The Bertz CT molecular complexity index is 321. The summed E-state index contributed by atoms with van der Waals surface area (Å²) in [5.74, 6) is 1.96. The first-order valence-electron chi connectivity index (χ1n) is 5.70. The monoisotopic (exact) mass is 209 g/mol. The summed E-state index contributed by atoms with van der Waals surface area (Å²) in [5.41, 5.74) is 6.00. The van der Waals surface area contributed by atoms with Crippen molar-refractivity contribution in [3.63, 3.8) is 0 Å². The van der Waals surface area contributed by atoms with Gasteiger partial charge >= 0.3 is 0 Å². The molecule has 5 nitrogen and oxygen atoms in total. The van der Waals surface area contributed by atoms with Crippen molar-refractivity contribution in [1.29, 1.82) is 0 Å². The second-order valence-electron chi connectivity index (χ2n) is 4.49. The molecule has 1 aromatic heterocycles. The van der Waals surface area contributed by atoms with E-state index in [1.807, 2.05) is 0 Å². The van der Waals surface area contributed by atoms with E-state index in [-0.39, 0.29) is 0 Å². The van der Waals surface area contributed by atoms with Crippen molar-refractivity contribution in [3.8, 4) is 0 Å². The number of hydrogen-bond acceptors (Lipinski definition) is 4. The average molecular weight is 209 g/mol. The van der Waals surface area contributed by atoms with Gasteiger partial charge in [-0.2, -0.15) is 4.80 Å². The normalized spacial score (nSPS) is 31.8. The molecular formula is C10H19N5. The lowest BCUT2D eigenvalue weighted by Gasteiger charge is -2.32. The zero-order valence-electron chi connectivity index (χ0n) is 9.43. The molecule has 84 valence electrons. The van der Waals surface area contributed by atoms with Crippen molar-refractivity contribution >= 4 is 0 Å². The van der Waals surface area contributed by atoms with Crippen LogP contribution in [0.5, 0.6) is 0 Å². The molecule has 3 unspecified atom stereocenters. The third-order valence-electron chi connectivity index (χ3n) is 3.41. The molecule has 0 saturated heterocycles. The Morgan fingerprint density at radius 1 is 1.47 bits per heavy atom. The average Bonchev–Trinajstić information content (AvgIpc) is 2.65. The first-order valence-corrected chi connectivity index (χ1v) is 5.70. The smallest absolute Gasteiger partial charge is 0.178 e. The molecule has 2 rings (SSSR count). The zero-order valence-corrected chi connectivity index (χ0v) is 9.43. The minimum Gasteiger partial charge on any atom is -0.328 e. The fraction of sp³-hybridized carbons (Fsp3) is 0.900. The maximum Gasteiger partial charge on any atom is 0.178 e. The molecule has 1 heterocycles. The van der Waals surface area contributed by atoms with Crippen LogP contribution in [-0.2, 0) is 7.05 Å². The van der Waals surface area contributed by atoms with Gasteiger partial charge in [-0.1, -0.05) is 13.3 Å². The van der Waals surface area contributed by atoms with Crippen molar-refractivity contribution < 1.29 is 0 Å². The van der Waals surface area contributed by atoms with E-state index in [1.54, 1.807) is 7.05 Å². The second kappa shape index (κ2) is 4.26. The van der Waals surface area contributed by atoms with Crippen LogP contribution in [0.25, 0.3) is 0 Å². The number of rotatable bonds is 2. The van der Waals surface area contributed by atoms with Crippen LogP contribution < -0.4 is 5.73 Å². The number of aromatic nitrogens is 4. The lowest BCUT2D eigenvalue weighted by molar-refractivity contribution is 0.264.